The SMILES string of the molecule is c1cc(OCC2CO2)cc(-c2ccc(OCC3CO3)c(C(c3ccc(C(c4cc(-c5ccc(OCC6CO6)cc5)ccc4OCC4CO4)c4cc(-c5ccc(OCC6CO6)cc5)ccc4OCC4CO4)cc3)c3cc(-c4cccc(OCC5CO5)c4)ccc3OCC3CO3)c2)c1. The van der Waals surface area contributed by atoms with E-state index in [0.29, 0.717) is 92.5 Å². The van der Waals surface area contributed by atoms with E-state index in [1.54, 1.807) is 0 Å². The lowest BCUT2D eigenvalue weighted by atomic mass is 9.79. The van der Waals surface area contributed by atoms with E-state index in [0.717, 1.165) is 137 Å². The molecule has 8 atom stereocenters. The predicted octanol–water partition coefficient (Wildman–Crippen LogP) is 12.9. The Morgan fingerprint density at radius 1 is 0.229 bits per heavy atom. The molecule has 0 saturated carbocycles. The highest BCUT2D eigenvalue weighted by Crippen LogP contribution is 2.49. The van der Waals surface area contributed by atoms with Gasteiger partial charge in [0.05, 0.1) is 52.9 Å². The minimum Gasteiger partial charge on any atom is -0.491 e. The fraction of sp³-hybridized carbons (Fsp3) is 0.325. The summed E-state index contributed by atoms with van der Waals surface area (Å²) in [6.45, 7) is 9.01. The molecule has 0 N–H and O–H groups in total. The van der Waals surface area contributed by atoms with E-state index in [1.807, 2.05) is 48.5 Å². The van der Waals surface area contributed by atoms with Crippen LogP contribution >= 0.6 is 0 Å². The first kappa shape index (κ1) is 60.7. The van der Waals surface area contributed by atoms with Crippen LogP contribution in [0.5, 0.6) is 46.0 Å². The van der Waals surface area contributed by atoms with Gasteiger partial charge >= 0.3 is 0 Å². The van der Waals surface area contributed by atoms with Crippen LogP contribution in [0.2, 0.25) is 0 Å². The average Bonchev–Trinajstić information content (AvgIpc) is 1.43. The number of ether oxygens (including phenoxy) is 16. The molecule has 0 radical (unpaired) electrons. The minimum atomic E-state index is -0.477. The van der Waals surface area contributed by atoms with Crippen LogP contribution in [-0.4, -0.2) is 155 Å². The highest BCUT2D eigenvalue weighted by Gasteiger charge is 2.34. The summed E-state index contributed by atoms with van der Waals surface area (Å²) >= 11 is 0. The lowest BCUT2D eigenvalue weighted by Gasteiger charge is -2.28. The molecule has 8 fully saturated rings. The highest BCUT2D eigenvalue weighted by atomic mass is 16.6. The van der Waals surface area contributed by atoms with Crippen molar-refractivity contribution in [1.82, 2.24) is 0 Å². The maximum atomic E-state index is 6.93. The molecule has 0 bridgehead atoms. The molecule has 9 aromatic carbocycles. The van der Waals surface area contributed by atoms with Crippen LogP contribution in [0.3, 0.4) is 0 Å². The first-order chi connectivity index (χ1) is 47.4. The molecule has 490 valence electrons. The van der Waals surface area contributed by atoms with Crippen LogP contribution in [-0.2, 0) is 37.9 Å². The predicted molar refractivity (Wildman–Crippen MR) is 358 cm³/mol. The van der Waals surface area contributed by atoms with Gasteiger partial charge in [-0.15, -0.1) is 0 Å². The Labute approximate surface area is 557 Å². The Bertz CT molecular complexity index is 3940. The zero-order valence-electron chi connectivity index (χ0n) is 53.1. The van der Waals surface area contributed by atoms with Crippen LogP contribution in [0.1, 0.15) is 45.2 Å². The van der Waals surface area contributed by atoms with E-state index in [9.17, 15) is 0 Å². The van der Waals surface area contributed by atoms with Gasteiger partial charge in [0.1, 0.15) is 148 Å². The number of hydrogen-bond acceptors (Lipinski definition) is 16. The van der Waals surface area contributed by atoms with Gasteiger partial charge in [0, 0.05) is 34.1 Å². The Kier molecular flexibility index (Phi) is 17.3. The van der Waals surface area contributed by atoms with Crippen molar-refractivity contribution in [3.05, 3.63) is 228 Å². The second-order valence-corrected chi connectivity index (χ2v) is 25.8. The monoisotopic (exact) mass is 1290 g/mol. The molecule has 8 aliphatic rings. The highest BCUT2D eigenvalue weighted by molar-refractivity contribution is 5.74. The molecule has 8 saturated heterocycles. The van der Waals surface area contributed by atoms with Crippen molar-refractivity contribution in [2.75, 3.05) is 106 Å². The largest absolute Gasteiger partial charge is 0.491 e. The lowest BCUT2D eigenvalue weighted by Crippen LogP contribution is -2.14. The molecule has 8 heterocycles. The summed E-state index contributed by atoms with van der Waals surface area (Å²) in [5.74, 6) is 5.08. The van der Waals surface area contributed by atoms with Gasteiger partial charge in [0.2, 0.25) is 0 Å². The molecule has 0 amide bonds. The summed E-state index contributed by atoms with van der Waals surface area (Å²) in [6, 6.07) is 68.1. The molecule has 96 heavy (non-hydrogen) atoms. The zero-order chi connectivity index (χ0) is 63.7. The fourth-order valence-electron chi connectivity index (χ4n) is 12.1. The van der Waals surface area contributed by atoms with Crippen molar-refractivity contribution in [3.63, 3.8) is 0 Å². The van der Waals surface area contributed by atoms with Crippen molar-refractivity contribution in [3.8, 4) is 90.5 Å². The molecule has 9 aromatic rings. The molecule has 16 heteroatoms. The van der Waals surface area contributed by atoms with Gasteiger partial charge in [0.25, 0.3) is 0 Å². The van der Waals surface area contributed by atoms with Crippen molar-refractivity contribution >= 4 is 0 Å². The Balaban J connectivity index is 0.831. The topological polar surface area (TPSA) is 174 Å². The third-order valence-electron chi connectivity index (χ3n) is 18.3. The first-order valence-electron chi connectivity index (χ1n) is 33.5. The molecular weight excluding hydrogens is 1220 g/mol. The molecule has 16 nitrogen and oxygen atoms in total. The lowest BCUT2D eigenvalue weighted by molar-refractivity contribution is 0.258. The summed E-state index contributed by atoms with van der Waals surface area (Å²) in [5.41, 5.74) is 13.8. The smallest absolute Gasteiger partial charge is 0.123 e. The summed E-state index contributed by atoms with van der Waals surface area (Å²) in [6.07, 6.45) is 0.487. The number of rotatable bonds is 34. The van der Waals surface area contributed by atoms with E-state index in [4.69, 9.17) is 75.8 Å². The normalized spacial score (nSPS) is 22.6. The second kappa shape index (κ2) is 27.3. The van der Waals surface area contributed by atoms with Gasteiger partial charge in [-0.25, -0.2) is 0 Å². The summed E-state index contributed by atoms with van der Waals surface area (Å²) in [7, 11) is 0. The van der Waals surface area contributed by atoms with Crippen molar-refractivity contribution in [2.24, 2.45) is 0 Å². The van der Waals surface area contributed by atoms with E-state index in [-0.39, 0.29) is 48.8 Å². The van der Waals surface area contributed by atoms with Crippen LogP contribution in [0.4, 0.5) is 0 Å². The molecule has 0 aromatic heterocycles. The van der Waals surface area contributed by atoms with Crippen LogP contribution in [0.15, 0.2) is 194 Å². The van der Waals surface area contributed by atoms with E-state index >= 15 is 0 Å². The average molecular weight is 1290 g/mol. The number of benzene rings is 9. The van der Waals surface area contributed by atoms with Gasteiger partial charge in [-0.1, -0.05) is 97.1 Å². The minimum absolute atomic E-state index is 0.00181. The Morgan fingerprint density at radius 3 is 0.729 bits per heavy atom. The summed E-state index contributed by atoms with van der Waals surface area (Å²) in [5, 5.41) is 0. The van der Waals surface area contributed by atoms with Gasteiger partial charge in [0.15, 0.2) is 0 Å². The molecule has 8 aliphatic heterocycles. The Morgan fingerprint density at radius 2 is 0.458 bits per heavy atom. The maximum absolute atomic E-state index is 6.93. The molecular formula is C80H74O16. The Hall–Kier alpha value is -8.94. The van der Waals surface area contributed by atoms with Crippen molar-refractivity contribution < 1.29 is 75.8 Å². The quantitative estimate of drug-likeness (QED) is 0.0275. The molecule has 17 rings (SSSR count). The summed E-state index contributed by atoms with van der Waals surface area (Å²) in [4.78, 5) is 0. The first-order valence-corrected chi connectivity index (χ1v) is 33.5. The van der Waals surface area contributed by atoms with Crippen LogP contribution in [0, 0.1) is 0 Å². The molecule has 0 aliphatic carbocycles. The van der Waals surface area contributed by atoms with Gasteiger partial charge in [-0.05, 0) is 153 Å². The van der Waals surface area contributed by atoms with Crippen molar-refractivity contribution in [1.29, 1.82) is 0 Å². The van der Waals surface area contributed by atoms with E-state index in [1.165, 1.54) is 0 Å². The fourth-order valence-corrected chi connectivity index (χ4v) is 12.1. The zero-order valence-corrected chi connectivity index (χ0v) is 53.1. The second-order valence-electron chi connectivity index (χ2n) is 25.8. The van der Waals surface area contributed by atoms with Gasteiger partial charge < -0.3 is 75.8 Å². The molecule has 0 spiro atoms. The number of epoxide rings is 8. The van der Waals surface area contributed by atoms with Gasteiger partial charge in [-0.2, -0.15) is 0 Å². The maximum Gasteiger partial charge on any atom is 0.123 e. The van der Waals surface area contributed by atoms with Gasteiger partial charge in [-0.3, -0.25) is 0 Å². The third kappa shape index (κ3) is 15.5. The van der Waals surface area contributed by atoms with Crippen LogP contribution < -0.4 is 37.9 Å². The van der Waals surface area contributed by atoms with Crippen molar-refractivity contribution in [2.45, 2.75) is 60.7 Å². The number of hydrogen-bond donors (Lipinski definition) is 0. The van der Waals surface area contributed by atoms with Crippen LogP contribution in [0.25, 0.3) is 44.5 Å². The summed E-state index contributed by atoms with van der Waals surface area (Å²) < 4.78 is 97.6. The van der Waals surface area contributed by atoms with E-state index in [2.05, 4.69) is 146 Å². The molecule has 8 unspecified atom stereocenters. The van der Waals surface area contributed by atoms with E-state index < -0.39 is 11.8 Å². The standard InChI is InChI=1S/C80H74O16/c1-3-53(27-61(5-1)83-35-65-39-87-65)57-17-25-77(95-47-69-43-91-69)73(31-57)80(74-32-58(18-26-78(74)96-48-70-44-92-70)54-4-2-6-62(28-54)84-36-66-40-88-66)52-9-7-51(8-10-52)79(71-29-55(15-23-75(71)93-45-67-41-89-67)49-11-19-59(20-12-49)81-33-63-37-85-63)72-30-56(16-24-76(72)94-46-68-42-90-68)50-13-21-60(22-14-50)82-34-64-38-86-64/h1-32,63-70,79-80H,33-48H2. The third-order valence-corrected chi connectivity index (χ3v) is 18.3.